The zero-order valence-electron chi connectivity index (χ0n) is 13.9. The molecule has 0 N–H and O–H groups in total. The van der Waals surface area contributed by atoms with Gasteiger partial charge in [0.2, 0.25) is 5.95 Å². The van der Waals surface area contributed by atoms with E-state index in [2.05, 4.69) is 15.1 Å². The van der Waals surface area contributed by atoms with Crippen LogP contribution in [0.25, 0.3) is 5.65 Å². The third-order valence-corrected chi connectivity index (χ3v) is 4.81. The molecule has 3 heterocycles. The molecule has 1 fully saturated rings. The number of amides is 1. The van der Waals surface area contributed by atoms with Crippen LogP contribution in [0.5, 0.6) is 0 Å². The SMILES string of the molecule is Cc1ccc(C(=O)N2CCN(c3nnc4c(Cl)cccn34)CC2)cc1. The lowest BCUT2D eigenvalue weighted by Crippen LogP contribution is -2.49. The van der Waals surface area contributed by atoms with Crippen molar-refractivity contribution in [1.29, 1.82) is 0 Å². The monoisotopic (exact) mass is 355 g/mol. The molecular weight excluding hydrogens is 338 g/mol. The van der Waals surface area contributed by atoms with Crippen LogP contribution in [-0.4, -0.2) is 51.6 Å². The Labute approximate surface area is 150 Å². The molecule has 0 bridgehead atoms. The van der Waals surface area contributed by atoms with Crippen LogP contribution in [-0.2, 0) is 0 Å². The van der Waals surface area contributed by atoms with E-state index in [4.69, 9.17) is 11.6 Å². The van der Waals surface area contributed by atoms with Gasteiger partial charge in [-0.15, -0.1) is 10.2 Å². The van der Waals surface area contributed by atoms with Crippen LogP contribution in [0.1, 0.15) is 15.9 Å². The molecule has 6 nitrogen and oxygen atoms in total. The lowest BCUT2D eigenvalue weighted by molar-refractivity contribution is 0.0746. The molecule has 0 saturated carbocycles. The maximum Gasteiger partial charge on any atom is 0.253 e. The zero-order valence-corrected chi connectivity index (χ0v) is 14.6. The number of benzene rings is 1. The second kappa shape index (κ2) is 6.37. The molecular formula is C18H18ClN5O. The van der Waals surface area contributed by atoms with Gasteiger partial charge in [-0.05, 0) is 31.2 Å². The summed E-state index contributed by atoms with van der Waals surface area (Å²) in [6.07, 6.45) is 1.90. The Bertz CT molecular complexity index is 913. The molecule has 0 radical (unpaired) electrons. The Morgan fingerprint density at radius 2 is 1.76 bits per heavy atom. The summed E-state index contributed by atoms with van der Waals surface area (Å²) >= 11 is 6.16. The van der Waals surface area contributed by atoms with Crippen LogP contribution < -0.4 is 4.90 Å². The van der Waals surface area contributed by atoms with E-state index in [0.29, 0.717) is 36.8 Å². The molecule has 1 amide bonds. The first-order chi connectivity index (χ1) is 12.1. The van der Waals surface area contributed by atoms with E-state index >= 15 is 0 Å². The van der Waals surface area contributed by atoms with Crippen molar-refractivity contribution in [3.63, 3.8) is 0 Å². The van der Waals surface area contributed by atoms with E-state index in [1.807, 2.05) is 52.8 Å². The summed E-state index contributed by atoms with van der Waals surface area (Å²) in [4.78, 5) is 16.6. The van der Waals surface area contributed by atoms with E-state index < -0.39 is 0 Å². The topological polar surface area (TPSA) is 53.7 Å². The highest BCUT2D eigenvalue weighted by atomic mass is 35.5. The molecule has 1 aliphatic heterocycles. The number of anilines is 1. The highest BCUT2D eigenvalue weighted by molar-refractivity contribution is 6.33. The predicted octanol–water partition coefficient (Wildman–Crippen LogP) is 2.65. The summed E-state index contributed by atoms with van der Waals surface area (Å²) in [5, 5.41) is 9.01. The van der Waals surface area contributed by atoms with Crippen molar-refractivity contribution in [2.75, 3.05) is 31.1 Å². The Balaban J connectivity index is 1.48. The molecule has 1 aliphatic rings. The molecule has 4 rings (SSSR count). The summed E-state index contributed by atoms with van der Waals surface area (Å²) in [6, 6.07) is 11.4. The van der Waals surface area contributed by atoms with Gasteiger partial charge in [0.25, 0.3) is 5.91 Å². The number of pyridine rings is 1. The molecule has 7 heteroatoms. The minimum absolute atomic E-state index is 0.0776. The molecule has 25 heavy (non-hydrogen) atoms. The zero-order chi connectivity index (χ0) is 17.4. The van der Waals surface area contributed by atoms with Gasteiger partial charge in [-0.3, -0.25) is 9.20 Å². The Hall–Kier alpha value is -2.60. The van der Waals surface area contributed by atoms with E-state index in [-0.39, 0.29) is 5.91 Å². The van der Waals surface area contributed by atoms with Crippen LogP contribution >= 0.6 is 11.6 Å². The van der Waals surface area contributed by atoms with Gasteiger partial charge in [-0.2, -0.15) is 0 Å². The fraction of sp³-hybridized carbons (Fsp3) is 0.278. The highest BCUT2D eigenvalue weighted by Crippen LogP contribution is 2.21. The number of halogens is 1. The molecule has 0 aliphatic carbocycles. The Kier molecular flexibility index (Phi) is 4.05. The summed E-state index contributed by atoms with van der Waals surface area (Å²) in [6.45, 7) is 4.75. The quantitative estimate of drug-likeness (QED) is 0.709. The van der Waals surface area contributed by atoms with Crippen LogP contribution in [0.2, 0.25) is 5.02 Å². The first kappa shape index (κ1) is 15.9. The molecule has 3 aromatic rings. The first-order valence-electron chi connectivity index (χ1n) is 8.23. The van der Waals surface area contributed by atoms with Crippen molar-refractivity contribution in [1.82, 2.24) is 19.5 Å². The van der Waals surface area contributed by atoms with Gasteiger partial charge in [0.15, 0.2) is 5.65 Å². The molecule has 1 aromatic carbocycles. The Morgan fingerprint density at radius 1 is 1.04 bits per heavy atom. The third-order valence-electron chi connectivity index (χ3n) is 4.52. The number of hydrogen-bond acceptors (Lipinski definition) is 4. The van der Waals surface area contributed by atoms with Gasteiger partial charge in [0.05, 0.1) is 5.02 Å². The Morgan fingerprint density at radius 3 is 2.48 bits per heavy atom. The van der Waals surface area contributed by atoms with Gasteiger partial charge in [-0.1, -0.05) is 29.3 Å². The maximum atomic E-state index is 12.6. The number of carbonyl (C=O) groups is 1. The summed E-state index contributed by atoms with van der Waals surface area (Å²) in [5.41, 5.74) is 2.54. The fourth-order valence-electron chi connectivity index (χ4n) is 3.08. The standard InChI is InChI=1S/C18H18ClN5O/c1-13-4-6-14(7-5-13)17(25)22-9-11-23(12-10-22)18-21-20-16-15(19)3-2-8-24(16)18/h2-8H,9-12H2,1H3. The van der Waals surface area contributed by atoms with Crippen LogP contribution in [0.15, 0.2) is 42.6 Å². The second-order valence-corrected chi connectivity index (χ2v) is 6.60. The van der Waals surface area contributed by atoms with E-state index in [1.54, 1.807) is 6.07 Å². The fourth-order valence-corrected chi connectivity index (χ4v) is 3.28. The summed E-state index contributed by atoms with van der Waals surface area (Å²) in [5.74, 6) is 0.841. The molecule has 0 atom stereocenters. The number of rotatable bonds is 2. The predicted molar refractivity (Wildman–Crippen MR) is 97.3 cm³/mol. The van der Waals surface area contributed by atoms with Gasteiger partial charge >= 0.3 is 0 Å². The van der Waals surface area contributed by atoms with E-state index in [9.17, 15) is 4.79 Å². The van der Waals surface area contributed by atoms with Gasteiger partial charge in [-0.25, -0.2) is 0 Å². The summed E-state index contributed by atoms with van der Waals surface area (Å²) in [7, 11) is 0. The second-order valence-electron chi connectivity index (χ2n) is 6.20. The minimum Gasteiger partial charge on any atom is -0.337 e. The van der Waals surface area contributed by atoms with Crippen molar-refractivity contribution in [3.05, 3.63) is 58.7 Å². The van der Waals surface area contributed by atoms with Crippen LogP contribution in [0, 0.1) is 6.92 Å². The first-order valence-corrected chi connectivity index (χ1v) is 8.61. The highest BCUT2D eigenvalue weighted by Gasteiger charge is 2.24. The van der Waals surface area contributed by atoms with Crippen molar-refractivity contribution in [3.8, 4) is 0 Å². The van der Waals surface area contributed by atoms with Crippen LogP contribution in [0.3, 0.4) is 0 Å². The average Bonchev–Trinajstić information content (AvgIpc) is 3.07. The number of carbonyl (C=O) groups excluding carboxylic acids is 1. The van der Waals surface area contributed by atoms with Gasteiger partial charge < -0.3 is 9.80 Å². The van der Waals surface area contributed by atoms with Gasteiger partial charge in [0.1, 0.15) is 0 Å². The minimum atomic E-state index is 0.0776. The van der Waals surface area contributed by atoms with E-state index in [0.717, 1.165) is 17.1 Å². The van der Waals surface area contributed by atoms with Crippen molar-refractivity contribution >= 4 is 29.1 Å². The molecule has 0 spiro atoms. The number of aryl methyl sites for hydroxylation is 1. The lowest BCUT2D eigenvalue weighted by atomic mass is 10.1. The average molecular weight is 356 g/mol. The number of nitrogens with zero attached hydrogens (tertiary/aromatic N) is 5. The number of hydrogen-bond donors (Lipinski definition) is 0. The number of fused-ring (bicyclic) bond motifs is 1. The summed E-state index contributed by atoms with van der Waals surface area (Å²) < 4.78 is 1.89. The lowest BCUT2D eigenvalue weighted by Gasteiger charge is -2.34. The van der Waals surface area contributed by atoms with Crippen molar-refractivity contribution in [2.24, 2.45) is 0 Å². The maximum absolute atomic E-state index is 12.6. The van der Waals surface area contributed by atoms with Crippen LogP contribution in [0.4, 0.5) is 5.95 Å². The normalized spacial score (nSPS) is 15.0. The molecule has 2 aromatic heterocycles. The van der Waals surface area contributed by atoms with Gasteiger partial charge in [0, 0.05) is 37.9 Å². The van der Waals surface area contributed by atoms with Crippen molar-refractivity contribution in [2.45, 2.75) is 6.92 Å². The largest absolute Gasteiger partial charge is 0.337 e. The third kappa shape index (κ3) is 2.93. The number of aromatic nitrogens is 3. The van der Waals surface area contributed by atoms with E-state index in [1.165, 1.54) is 0 Å². The number of piperazine rings is 1. The molecule has 128 valence electrons. The molecule has 1 saturated heterocycles. The van der Waals surface area contributed by atoms with Crippen molar-refractivity contribution < 1.29 is 4.79 Å². The molecule has 0 unspecified atom stereocenters. The smallest absolute Gasteiger partial charge is 0.253 e.